The van der Waals surface area contributed by atoms with Gasteiger partial charge in [0.2, 0.25) is 5.43 Å². The summed E-state index contributed by atoms with van der Waals surface area (Å²) in [6.07, 6.45) is 2.27. The van der Waals surface area contributed by atoms with Gasteiger partial charge in [-0.3, -0.25) is 18.9 Å². The Hall–Kier alpha value is -4.52. The van der Waals surface area contributed by atoms with Gasteiger partial charge in [-0.25, -0.2) is 9.78 Å². The number of rotatable bonds is 4. The highest BCUT2D eigenvalue weighted by Gasteiger charge is 2.31. The van der Waals surface area contributed by atoms with E-state index in [4.69, 9.17) is 9.51 Å². The summed E-state index contributed by atoms with van der Waals surface area (Å²) >= 11 is 0. The van der Waals surface area contributed by atoms with Crippen LogP contribution < -0.4 is 11.2 Å². The van der Waals surface area contributed by atoms with Gasteiger partial charge in [0, 0.05) is 6.42 Å². The summed E-state index contributed by atoms with van der Waals surface area (Å²) < 4.78 is 6.93. The molecule has 1 aliphatic carbocycles. The third kappa shape index (κ3) is 3.66. The summed E-state index contributed by atoms with van der Waals surface area (Å²) in [7, 11) is 0. The summed E-state index contributed by atoms with van der Waals surface area (Å²) in [6, 6.07) is 19.3. The zero-order chi connectivity index (χ0) is 25.7. The molecule has 0 amide bonds. The molecule has 6 rings (SSSR count). The zero-order valence-electron chi connectivity index (χ0n) is 20.7. The van der Waals surface area contributed by atoms with E-state index in [1.165, 1.54) is 0 Å². The topological polar surface area (TPSA) is 93.8 Å². The van der Waals surface area contributed by atoms with Crippen LogP contribution in [0.25, 0.3) is 22.3 Å². The van der Waals surface area contributed by atoms with Crippen molar-refractivity contribution in [3.05, 3.63) is 127 Å². The Bertz CT molecular complexity index is 1810. The van der Waals surface area contributed by atoms with Crippen molar-refractivity contribution in [2.24, 2.45) is 0 Å². The van der Waals surface area contributed by atoms with Crippen molar-refractivity contribution in [1.29, 1.82) is 0 Å². The highest BCUT2D eigenvalue weighted by molar-refractivity contribution is 5.79. The number of hydrogen-bond acceptors (Lipinski definition) is 5. The number of imidazole rings is 1. The Morgan fingerprint density at radius 2 is 1.84 bits per heavy atom. The average Bonchev–Trinajstić information content (AvgIpc) is 3.38. The zero-order valence-corrected chi connectivity index (χ0v) is 20.7. The fourth-order valence-electron chi connectivity index (χ4n) is 5.58. The van der Waals surface area contributed by atoms with E-state index >= 15 is 0 Å². The molecule has 37 heavy (non-hydrogen) atoms. The van der Waals surface area contributed by atoms with Crippen LogP contribution in [-0.4, -0.2) is 19.7 Å². The number of aromatic amines is 1. The standard InChI is InChI=1S/C30H26N4O3/c1-4-9-26-31-23-12-7-8-13-25(35)28(23)34(26)24-15-14-21-22(18(24)3)16-17(2)19-10-5-6-11-20(19)27(21)29-32-30(36)37-33-29/h5-8,10-15,27H,2,4,9,16H2,1,3H3,(H,32,33,36). The molecule has 1 N–H and O–H groups in total. The monoisotopic (exact) mass is 490 g/mol. The number of hydrogen-bond donors (Lipinski definition) is 1. The summed E-state index contributed by atoms with van der Waals surface area (Å²) in [5.74, 6) is 0.397. The molecular weight excluding hydrogens is 464 g/mol. The van der Waals surface area contributed by atoms with Crippen LogP contribution in [0.1, 0.15) is 58.7 Å². The van der Waals surface area contributed by atoms with Gasteiger partial charge in [-0.15, -0.1) is 0 Å². The molecule has 2 heterocycles. The minimum atomic E-state index is -0.588. The molecule has 0 aliphatic heterocycles. The van der Waals surface area contributed by atoms with Crippen molar-refractivity contribution in [2.45, 2.75) is 39.0 Å². The maximum absolute atomic E-state index is 13.2. The Morgan fingerprint density at radius 1 is 1.05 bits per heavy atom. The summed E-state index contributed by atoms with van der Waals surface area (Å²) in [6.45, 7) is 8.60. The normalized spacial score (nSPS) is 14.9. The lowest BCUT2D eigenvalue weighted by molar-refractivity contribution is 0.380. The molecule has 7 nitrogen and oxygen atoms in total. The Kier molecular flexibility index (Phi) is 5.48. The number of benzene rings is 2. The lowest BCUT2D eigenvalue weighted by Gasteiger charge is -2.21. The lowest BCUT2D eigenvalue weighted by Crippen LogP contribution is -2.13. The van der Waals surface area contributed by atoms with Gasteiger partial charge in [-0.05, 0) is 71.4 Å². The number of allylic oxidation sites excluding steroid dienone is 1. The minimum absolute atomic E-state index is 0.0703. The second kappa shape index (κ2) is 8.85. The highest BCUT2D eigenvalue weighted by Crippen LogP contribution is 2.43. The summed E-state index contributed by atoms with van der Waals surface area (Å²) in [5.41, 5.74) is 8.26. The van der Waals surface area contributed by atoms with Gasteiger partial charge in [0.05, 0.1) is 17.1 Å². The molecule has 3 aromatic carbocycles. The fraction of sp³-hybridized carbons (Fsp3) is 0.200. The third-order valence-corrected chi connectivity index (χ3v) is 7.22. The van der Waals surface area contributed by atoms with Crippen molar-refractivity contribution in [3.63, 3.8) is 0 Å². The van der Waals surface area contributed by atoms with Crippen LogP contribution in [0.4, 0.5) is 0 Å². The largest absolute Gasteiger partial charge is 0.438 e. The summed E-state index contributed by atoms with van der Waals surface area (Å²) in [4.78, 5) is 32.7. The highest BCUT2D eigenvalue weighted by atomic mass is 16.5. The number of nitrogens with one attached hydrogen (secondary N) is 1. The molecule has 1 unspecified atom stereocenters. The van der Waals surface area contributed by atoms with E-state index in [2.05, 4.69) is 42.7 Å². The van der Waals surface area contributed by atoms with E-state index < -0.39 is 5.76 Å². The van der Waals surface area contributed by atoms with Gasteiger partial charge in [0.15, 0.2) is 5.82 Å². The number of fused-ring (bicyclic) bond motifs is 3. The van der Waals surface area contributed by atoms with Gasteiger partial charge >= 0.3 is 5.76 Å². The molecule has 0 bridgehead atoms. The molecule has 7 heteroatoms. The molecule has 0 spiro atoms. The van der Waals surface area contributed by atoms with Crippen molar-refractivity contribution >= 4 is 16.6 Å². The van der Waals surface area contributed by atoms with Gasteiger partial charge in [-0.2, -0.15) is 0 Å². The maximum Gasteiger partial charge on any atom is 0.438 e. The van der Waals surface area contributed by atoms with Crippen molar-refractivity contribution in [2.75, 3.05) is 0 Å². The maximum atomic E-state index is 13.2. The second-order valence-corrected chi connectivity index (χ2v) is 9.49. The lowest BCUT2D eigenvalue weighted by atomic mass is 9.86. The van der Waals surface area contributed by atoms with Gasteiger partial charge in [0.25, 0.3) is 0 Å². The van der Waals surface area contributed by atoms with Crippen LogP contribution in [0.2, 0.25) is 0 Å². The smallest absolute Gasteiger partial charge is 0.296 e. The molecular formula is C30H26N4O3. The molecule has 0 fully saturated rings. The molecule has 184 valence electrons. The second-order valence-electron chi connectivity index (χ2n) is 9.49. The Morgan fingerprint density at radius 3 is 2.62 bits per heavy atom. The van der Waals surface area contributed by atoms with Crippen LogP contribution in [0.3, 0.4) is 0 Å². The van der Waals surface area contributed by atoms with E-state index in [1.807, 2.05) is 41.0 Å². The molecule has 0 saturated carbocycles. The molecule has 0 saturated heterocycles. The molecule has 1 atom stereocenters. The third-order valence-electron chi connectivity index (χ3n) is 7.22. The minimum Gasteiger partial charge on any atom is -0.296 e. The predicted molar refractivity (Wildman–Crippen MR) is 143 cm³/mol. The first-order chi connectivity index (χ1) is 18.0. The number of aromatic nitrogens is 4. The average molecular weight is 491 g/mol. The first-order valence-electron chi connectivity index (χ1n) is 12.4. The quantitative estimate of drug-likeness (QED) is 0.380. The molecule has 0 radical (unpaired) electrons. The Balaban J connectivity index is 1.66. The SMILES string of the molecule is C=C1Cc2c(ccc(-n3c(CCC)nc4ccccc(=O)c43)c2C)C(c2noc(=O)[nH]2)c2ccccc21. The van der Waals surface area contributed by atoms with Gasteiger partial charge < -0.3 is 0 Å². The van der Waals surface area contributed by atoms with Crippen molar-refractivity contribution in [1.82, 2.24) is 19.7 Å². The van der Waals surface area contributed by atoms with Crippen LogP contribution in [0, 0.1) is 6.92 Å². The predicted octanol–water partition coefficient (Wildman–Crippen LogP) is 5.07. The van der Waals surface area contributed by atoms with Crippen LogP contribution in [0.15, 0.2) is 81.4 Å². The van der Waals surface area contributed by atoms with Crippen molar-refractivity contribution in [3.8, 4) is 5.69 Å². The van der Waals surface area contributed by atoms with Gasteiger partial charge in [0.1, 0.15) is 11.3 Å². The van der Waals surface area contributed by atoms with Crippen LogP contribution in [0.5, 0.6) is 0 Å². The van der Waals surface area contributed by atoms with Crippen LogP contribution >= 0.6 is 0 Å². The molecule has 5 aromatic rings. The van der Waals surface area contributed by atoms with Crippen molar-refractivity contribution < 1.29 is 4.52 Å². The molecule has 1 aliphatic rings. The molecule has 2 aromatic heterocycles. The number of aryl methyl sites for hydroxylation is 1. The van der Waals surface area contributed by atoms with E-state index in [0.29, 0.717) is 23.3 Å². The number of nitrogens with zero attached hydrogens (tertiary/aromatic N) is 3. The van der Waals surface area contributed by atoms with E-state index in [9.17, 15) is 9.59 Å². The number of H-pyrrole nitrogens is 1. The Labute approximate surface area is 213 Å². The fourth-order valence-corrected chi connectivity index (χ4v) is 5.58. The van der Waals surface area contributed by atoms with Gasteiger partial charge in [-0.1, -0.05) is 61.1 Å². The van der Waals surface area contributed by atoms with E-state index in [1.54, 1.807) is 12.1 Å². The van der Waals surface area contributed by atoms with E-state index in [-0.39, 0.29) is 11.3 Å². The summed E-state index contributed by atoms with van der Waals surface area (Å²) in [5, 5.41) is 4.07. The first kappa shape index (κ1) is 22.9. The van der Waals surface area contributed by atoms with E-state index in [0.717, 1.165) is 57.7 Å². The van der Waals surface area contributed by atoms with Crippen LogP contribution in [-0.2, 0) is 12.8 Å². The first-order valence-corrected chi connectivity index (χ1v) is 12.4.